The molecule has 0 bridgehead atoms. The average molecular weight is 460 g/mol. The van der Waals surface area contributed by atoms with E-state index in [1.54, 1.807) is 6.07 Å². The van der Waals surface area contributed by atoms with Gasteiger partial charge in [-0.15, -0.1) is 5.10 Å². The molecule has 0 fully saturated rings. The van der Waals surface area contributed by atoms with Crippen molar-refractivity contribution in [3.05, 3.63) is 109 Å². The monoisotopic (exact) mass is 459 g/mol. The Balaban J connectivity index is 1.47. The van der Waals surface area contributed by atoms with Crippen LogP contribution in [0.1, 0.15) is 16.7 Å². The van der Waals surface area contributed by atoms with Gasteiger partial charge < -0.3 is 4.74 Å². The molecule has 32 heavy (non-hydrogen) atoms. The van der Waals surface area contributed by atoms with Crippen molar-refractivity contribution < 1.29 is 4.74 Å². The van der Waals surface area contributed by atoms with Gasteiger partial charge in [0.2, 0.25) is 4.96 Å². The highest BCUT2D eigenvalue weighted by molar-refractivity contribution is 7.15. The molecule has 0 aliphatic carbocycles. The van der Waals surface area contributed by atoms with Crippen LogP contribution in [0.3, 0.4) is 0 Å². The number of ether oxygens (including phenoxy) is 1. The van der Waals surface area contributed by atoms with Gasteiger partial charge in [0.25, 0.3) is 5.56 Å². The number of thiazole rings is 1. The maximum absolute atomic E-state index is 13.0. The highest BCUT2D eigenvalue weighted by atomic mass is 35.5. The van der Waals surface area contributed by atoms with Crippen LogP contribution in [0.15, 0.2) is 77.6 Å². The molecule has 0 spiro atoms. The van der Waals surface area contributed by atoms with E-state index in [-0.39, 0.29) is 5.56 Å². The summed E-state index contributed by atoms with van der Waals surface area (Å²) in [5, 5.41) is 4.92. The minimum Gasteiger partial charge on any atom is -0.488 e. The van der Waals surface area contributed by atoms with Crippen LogP contribution >= 0.6 is 22.9 Å². The number of hydrogen-bond acceptors (Lipinski definition) is 5. The van der Waals surface area contributed by atoms with Gasteiger partial charge in [0.15, 0.2) is 5.82 Å². The first-order chi connectivity index (χ1) is 15.6. The zero-order chi connectivity index (χ0) is 22.1. The van der Waals surface area contributed by atoms with Crippen molar-refractivity contribution in [2.75, 3.05) is 0 Å². The summed E-state index contributed by atoms with van der Waals surface area (Å²) in [5.41, 5.74) is 3.60. The van der Waals surface area contributed by atoms with Gasteiger partial charge in [-0.05, 0) is 36.8 Å². The van der Waals surface area contributed by atoms with Crippen LogP contribution in [0.25, 0.3) is 22.4 Å². The van der Waals surface area contributed by atoms with E-state index in [9.17, 15) is 4.79 Å². The normalized spacial score (nSPS) is 11.9. The molecule has 2 aromatic heterocycles. The lowest BCUT2D eigenvalue weighted by Gasteiger charge is -2.09. The molecule has 0 radical (unpaired) electrons. The van der Waals surface area contributed by atoms with Gasteiger partial charge in [0.1, 0.15) is 12.4 Å². The summed E-state index contributed by atoms with van der Waals surface area (Å²) < 4.78 is 7.90. The second-order valence-corrected chi connectivity index (χ2v) is 8.75. The number of nitrogens with zero attached hydrogens (tertiary/aromatic N) is 3. The van der Waals surface area contributed by atoms with Crippen molar-refractivity contribution in [1.29, 1.82) is 0 Å². The highest BCUT2D eigenvalue weighted by Gasteiger charge is 2.14. The van der Waals surface area contributed by atoms with Crippen LogP contribution in [0.4, 0.5) is 0 Å². The van der Waals surface area contributed by atoms with Gasteiger partial charge >= 0.3 is 0 Å². The summed E-state index contributed by atoms with van der Waals surface area (Å²) in [6.45, 7) is 2.51. The lowest BCUT2D eigenvalue weighted by molar-refractivity contribution is 0.305. The van der Waals surface area contributed by atoms with E-state index in [1.165, 1.54) is 21.4 Å². The highest BCUT2D eigenvalue weighted by Crippen LogP contribution is 2.25. The Bertz CT molecular complexity index is 1520. The molecule has 5 aromatic rings. The Labute approximate surface area is 193 Å². The van der Waals surface area contributed by atoms with Gasteiger partial charge in [-0.1, -0.05) is 83.1 Å². The van der Waals surface area contributed by atoms with Crippen LogP contribution in [0.2, 0.25) is 5.02 Å². The Morgan fingerprint density at radius 3 is 2.56 bits per heavy atom. The fourth-order valence-corrected chi connectivity index (χ4v) is 4.43. The number of para-hydroxylation sites is 1. The Morgan fingerprint density at radius 1 is 1.03 bits per heavy atom. The molecule has 0 aliphatic heterocycles. The second-order valence-electron chi connectivity index (χ2n) is 7.34. The molecule has 5 nitrogen and oxygen atoms in total. The first-order valence-electron chi connectivity index (χ1n) is 10.0. The molecular weight excluding hydrogens is 442 g/mol. The smallest absolute Gasteiger partial charge is 0.291 e. The summed E-state index contributed by atoms with van der Waals surface area (Å²) in [6, 6.07) is 23.2. The number of halogens is 1. The van der Waals surface area contributed by atoms with Gasteiger partial charge in [-0.25, -0.2) is 0 Å². The van der Waals surface area contributed by atoms with Crippen LogP contribution in [-0.2, 0) is 6.61 Å². The molecular formula is C25H18ClN3O2S. The average Bonchev–Trinajstić information content (AvgIpc) is 3.34. The zero-order valence-electron chi connectivity index (χ0n) is 17.2. The fraction of sp³-hybridized carbons (Fsp3) is 0.0800. The van der Waals surface area contributed by atoms with Gasteiger partial charge in [-0.2, -0.15) is 9.50 Å². The Kier molecular flexibility index (Phi) is 5.47. The SMILES string of the molecule is Cc1ccc(COc2ccccc2/C=c2/sc3nc(-c4ccccc4Cl)nn3c2=O)cc1. The maximum Gasteiger partial charge on any atom is 0.291 e. The molecule has 0 aliphatic rings. The molecule has 0 atom stereocenters. The van der Waals surface area contributed by atoms with E-state index in [0.717, 1.165) is 11.1 Å². The van der Waals surface area contributed by atoms with Crippen LogP contribution in [-0.4, -0.2) is 14.6 Å². The molecule has 3 aromatic carbocycles. The number of benzene rings is 3. The third-order valence-corrected chi connectivity index (χ3v) is 6.31. The van der Waals surface area contributed by atoms with E-state index in [1.807, 2.05) is 60.7 Å². The second kappa shape index (κ2) is 8.57. The van der Waals surface area contributed by atoms with Gasteiger partial charge in [-0.3, -0.25) is 4.79 Å². The summed E-state index contributed by atoms with van der Waals surface area (Å²) in [7, 11) is 0. The van der Waals surface area contributed by atoms with Crippen LogP contribution in [0.5, 0.6) is 5.75 Å². The molecule has 0 unspecified atom stereocenters. The summed E-state index contributed by atoms with van der Waals surface area (Å²) in [4.78, 5) is 18.0. The Hall–Kier alpha value is -3.48. The van der Waals surface area contributed by atoms with Crippen molar-refractivity contribution in [3.8, 4) is 17.1 Å². The minimum atomic E-state index is -0.218. The predicted octanol–water partition coefficient (Wildman–Crippen LogP) is 4.91. The molecule has 5 rings (SSSR count). The Morgan fingerprint density at radius 2 is 1.78 bits per heavy atom. The van der Waals surface area contributed by atoms with E-state index in [0.29, 0.717) is 38.3 Å². The third kappa shape index (κ3) is 4.02. The summed E-state index contributed by atoms with van der Waals surface area (Å²) >= 11 is 7.53. The van der Waals surface area contributed by atoms with E-state index < -0.39 is 0 Å². The fourth-order valence-electron chi connectivity index (χ4n) is 3.31. The standard InChI is InChI=1S/C25H18ClN3O2S/c1-16-10-12-17(13-11-16)15-31-21-9-5-2-6-18(21)14-22-24(30)29-25(32-22)27-23(28-29)19-7-3-4-8-20(19)26/h2-14H,15H2,1H3/b22-14+. The van der Waals surface area contributed by atoms with Crippen molar-refractivity contribution >= 4 is 34.0 Å². The van der Waals surface area contributed by atoms with Crippen molar-refractivity contribution in [1.82, 2.24) is 14.6 Å². The maximum atomic E-state index is 13.0. The van der Waals surface area contributed by atoms with Gasteiger partial charge in [0, 0.05) is 11.1 Å². The molecule has 0 N–H and O–H groups in total. The van der Waals surface area contributed by atoms with Gasteiger partial charge in [0.05, 0.1) is 9.55 Å². The molecule has 0 amide bonds. The largest absolute Gasteiger partial charge is 0.488 e. The van der Waals surface area contributed by atoms with Crippen molar-refractivity contribution in [2.24, 2.45) is 0 Å². The summed E-state index contributed by atoms with van der Waals surface area (Å²) in [5.74, 6) is 1.15. The molecule has 0 saturated carbocycles. The first kappa shape index (κ1) is 20.4. The number of fused-ring (bicyclic) bond motifs is 1. The lowest BCUT2D eigenvalue weighted by Crippen LogP contribution is -2.23. The van der Waals surface area contributed by atoms with E-state index in [2.05, 4.69) is 29.1 Å². The number of rotatable bonds is 5. The summed E-state index contributed by atoms with van der Waals surface area (Å²) in [6.07, 6.45) is 1.82. The number of aromatic nitrogens is 3. The quantitative estimate of drug-likeness (QED) is 0.375. The number of aryl methyl sites for hydroxylation is 1. The lowest BCUT2D eigenvalue weighted by atomic mass is 10.1. The first-order valence-corrected chi connectivity index (χ1v) is 11.2. The van der Waals surface area contributed by atoms with Crippen molar-refractivity contribution in [2.45, 2.75) is 13.5 Å². The number of hydrogen-bond donors (Lipinski definition) is 0. The minimum absolute atomic E-state index is 0.218. The van der Waals surface area contributed by atoms with Crippen LogP contribution < -0.4 is 14.8 Å². The molecule has 2 heterocycles. The van der Waals surface area contributed by atoms with E-state index >= 15 is 0 Å². The topological polar surface area (TPSA) is 56.5 Å². The molecule has 7 heteroatoms. The van der Waals surface area contributed by atoms with Crippen LogP contribution in [0, 0.1) is 6.92 Å². The van der Waals surface area contributed by atoms with E-state index in [4.69, 9.17) is 16.3 Å². The zero-order valence-corrected chi connectivity index (χ0v) is 18.7. The molecule has 0 saturated heterocycles. The molecule has 158 valence electrons. The third-order valence-electron chi connectivity index (χ3n) is 5.02. The van der Waals surface area contributed by atoms with Crippen molar-refractivity contribution in [3.63, 3.8) is 0 Å². The predicted molar refractivity (Wildman–Crippen MR) is 128 cm³/mol.